The predicted octanol–water partition coefficient (Wildman–Crippen LogP) is 4.39. The topological polar surface area (TPSA) is 66.8 Å². The number of carbonyl (C=O) groups is 1. The summed E-state index contributed by atoms with van der Waals surface area (Å²) in [5, 5.41) is 19.9. The first-order chi connectivity index (χ1) is 12.4. The van der Waals surface area contributed by atoms with Crippen molar-refractivity contribution in [3.8, 4) is 11.5 Å². The lowest BCUT2D eigenvalue weighted by Gasteiger charge is -2.34. The first-order valence-corrected chi connectivity index (χ1v) is 8.99. The van der Waals surface area contributed by atoms with E-state index in [0.717, 1.165) is 59.1 Å². The molecule has 0 radical (unpaired) electrons. The van der Waals surface area contributed by atoms with Crippen LogP contribution in [0, 0.1) is 13.8 Å². The lowest BCUT2D eigenvalue weighted by molar-refractivity contribution is -0.145. The molecule has 134 valence electrons. The molecule has 0 saturated heterocycles. The van der Waals surface area contributed by atoms with Gasteiger partial charge in [0.15, 0.2) is 5.60 Å². The van der Waals surface area contributed by atoms with E-state index in [1.165, 1.54) is 0 Å². The van der Waals surface area contributed by atoms with Crippen molar-refractivity contribution in [1.82, 2.24) is 0 Å². The molecule has 0 unspecified atom stereocenters. The highest BCUT2D eigenvalue weighted by atomic mass is 16.6. The SMILES string of the molecule is Cc1cc(C2(c3ccc(O)c(C)c3)OC(=O)C3=C2CCCC3)ccc1O. The molecule has 2 aromatic rings. The van der Waals surface area contributed by atoms with Crippen LogP contribution < -0.4 is 0 Å². The van der Waals surface area contributed by atoms with Crippen LogP contribution >= 0.6 is 0 Å². The monoisotopic (exact) mass is 350 g/mol. The molecule has 1 aliphatic heterocycles. The van der Waals surface area contributed by atoms with Gasteiger partial charge < -0.3 is 14.9 Å². The molecule has 0 fully saturated rings. The molecule has 26 heavy (non-hydrogen) atoms. The van der Waals surface area contributed by atoms with Gasteiger partial charge in [-0.05, 0) is 80.5 Å². The molecule has 4 nitrogen and oxygen atoms in total. The summed E-state index contributed by atoms with van der Waals surface area (Å²) in [7, 11) is 0. The molecule has 0 spiro atoms. The zero-order valence-electron chi connectivity index (χ0n) is 15.0. The Bertz CT molecular complexity index is 888. The number of aromatic hydroxyl groups is 2. The molecule has 0 aromatic heterocycles. The molecule has 2 aliphatic rings. The van der Waals surface area contributed by atoms with Gasteiger partial charge in [-0.3, -0.25) is 0 Å². The first kappa shape index (κ1) is 16.7. The summed E-state index contributed by atoms with van der Waals surface area (Å²) in [6.07, 6.45) is 3.56. The summed E-state index contributed by atoms with van der Waals surface area (Å²) in [5.74, 6) is 0.178. The number of aryl methyl sites for hydroxylation is 2. The van der Waals surface area contributed by atoms with Crippen LogP contribution in [0.3, 0.4) is 0 Å². The van der Waals surface area contributed by atoms with E-state index in [9.17, 15) is 15.0 Å². The molecular formula is C22H22O4. The van der Waals surface area contributed by atoms with E-state index in [1.54, 1.807) is 12.1 Å². The molecule has 0 saturated carbocycles. The summed E-state index contributed by atoms with van der Waals surface area (Å²) >= 11 is 0. The second kappa shape index (κ2) is 5.90. The number of phenolic OH excluding ortho intramolecular Hbond substituents is 2. The number of hydrogen-bond acceptors (Lipinski definition) is 4. The Hall–Kier alpha value is -2.75. The summed E-state index contributed by atoms with van der Waals surface area (Å²) in [6.45, 7) is 3.67. The van der Waals surface area contributed by atoms with Crippen molar-refractivity contribution in [2.75, 3.05) is 0 Å². The molecule has 0 atom stereocenters. The first-order valence-electron chi connectivity index (χ1n) is 8.99. The minimum absolute atomic E-state index is 0.216. The van der Waals surface area contributed by atoms with Crippen LogP contribution in [0.25, 0.3) is 0 Å². The average Bonchev–Trinajstić information content (AvgIpc) is 2.94. The summed E-state index contributed by atoms with van der Waals surface area (Å²) in [4.78, 5) is 12.7. The van der Waals surface area contributed by atoms with Crippen LogP contribution in [0.5, 0.6) is 11.5 Å². The highest BCUT2D eigenvalue weighted by Crippen LogP contribution is 2.52. The number of phenols is 2. The molecule has 0 bridgehead atoms. The number of rotatable bonds is 2. The standard InChI is InChI=1S/C22H22O4/c1-13-11-15(7-9-19(13)23)22(16-8-10-20(24)14(2)12-16)18-6-4-3-5-17(18)21(25)26-22/h7-12,23-24H,3-6H2,1-2H3. The minimum Gasteiger partial charge on any atom is -0.508 e. The quantitative estimate of drug-likeness (QED) is 0.789. The van der Waals surface area contributed by atoms with Gasteiger partial charge in [0.1, 0.15) is 11.5 Å². The Morgan fingerprint density at radius 1 is 0.885 bits per heavy atom. The van der Waals surface area contributed by atoms with Gasteiger partial charge in [-0.2, -0.15) is 0 Å². The Kier molecular flexibility index (Phi) is 3.79. The van der Waals surface area contributed by atoms with Crippen molar-refractivity contribution < 1.29 is 19.7 Å². The number of hydrogen-bond donors (Lipinski definition) is 2. The van der Waals surface area contributed by atoms with E-state index in [1.807, 2.05) is 38.1 Å². The van der Waals surface area contributed by atoms with Gasteiger partial charge in [-0.1, -0.05) is 12.1 Å². The third-order valence-corrected chi connectivity index (χ3v) is 5.59. The van der Waals surface area contributed by atoms with Crippen molar-refractivity contribution in [2.45, 2.75) is 45.1 Å². The Labute approximate surface area is 152 Å². The van der Waals surface area contributed by atoms with Gasteiger partial charge in [0.05, 0.1) is 0 Å². The maximum Gasteiger partial charge on any atom is 0.335 e. The number of esters is 1. The van der Waals surface area contributed by atoms with E-state index >= 15 is 0 Å². The van der Waals surface area contributed by atoms with Gasteiger partial charge in [0.25, 0.3) is 0 Å². The average molecular weight is 350 g/mol. The molecule has 4 heteroatoms. The van der Waals surface area contributed by atoms with Gasteiger partial charge >= 0.3 is 5.97 Å². The highest BCUT2D eigenvalue weighted by Gasteiger charge is 2.50. The lowest BCUT2D eigenvalue weighted by Crippen LogP contribution is -2.31. The van der Waals surface area contributed by atoms with Gasteiger partial charge in [-0.25, -0.2) is 4.79 Å². The fourth-order valence-corrected chi connectivity index (χ4v) is 4.16. The largest absolute Gasteiger partial charge is 0.508 e. The fourth-order valence-electron chi connectivity index (χ4n) is 4.16. The Balaban J connectivity index is 2.01. The maximum absolute atomic E-state index is 12.7. The van der Waals surface area contributed by atoms with Gasteiger partial charge in [0.2, 0.25) is 0 Å². The van der Waals surface area contributed by atoms with Crippen LogP contribution in [-0.2, 0) is 15.1 Å². The van der Waals surface area contributed by atoms with Crippen LogP contribution in [0.2, 0.25) is 0 Å². The van der Waals surface area contributed by atoms with E-state index in [4.69, 9.17) is 4.74 Å². The highest BCUT2D eigenvalue weighted by molar-refractivity contribution is 5.94. The molecule has 4 rings (SSSR count). The Morgan fingerprint density at radius 3 is 1.96 bits per heavy atom. The van der Waals surface area contributed by atoms with Crippen molar-refractivity contribution in [3.63, 3.8) is 0 Å². The second-order valence-electron chi connectivity index (χ2n) is 7.24. The van der Waals surface area contributed by atoms with E-state index in [0.29, 0.717) is 0 Å². The smallest absolute Gasteiger partial charge is 0.335 e. The maximum atomic E-state index is 12.7. The minimum atomic E-state index is -0.982. The van der Waals surface area contributed by atoms with E-state index in [-0.39, 0.29) is 17.5 Å². The van der Waals surface area contributed by atoms with E-state index < -0.39 is 5.60 Å². The number of ether oxygens (including phenoxy) is 1. The van der Waals surface area contributed by atoms with Crippen molar-refractivity contribution >= 4 is 5.97 Å². The van der Waals surface area contributed by atoms with E-state index in [2.05, 4.69) is 0 Å². The van der Waals surface area contributed by atoms with Crippen LogP contribution in [-0.4, -0.2) is 16.2 Å². The number of carbonyl (C=O) groups excluding carboxylic acids is 1. The zero-order chi connectivity index (χ0) is 18.5. The molecular weight excluding hydrogens is 328 g/mol. The summed E-state index contributed by atoms with van der Waals surface area (Å²) < 4.78 is 6.08. The van der Waals surface area contributed by atoms with Crippen molar-refractivity contribution in [3.05, 3.63) is 69.8 Å². The molecule has 1 aliphatic carbocycles. The normalized spacial score (nSPS) is 18.6. The molecule has 0 amide bonds. The van der Waals surface area contributed by atoms with Crippen LogP contribution in [0.4, 0.5) is 0 Å². The summed E-state index contributed by atoms with van der Waals surface area (Å²) in [5.41, 5.74) is 3.95. The van der Waals surface area contributed by atoms with Crippen molar-refractivity contribution in [2.24, 2.45) is 0 Å². The Morgan fingerprint density at radius 2 is 1.42 bits per heavy atom. The van der Waals surface area contributed by atoms with Gasteiger partial charge in [-0.15, -0.1) is 0 Å². The number of cyclic esters (lactones) is 1. The second-order valence-corrected chi connectivity index (χ2v) is 7.24. The van der Waals surface area contributed by atoms with Crippen LogP contribution in [0.15, 0.2) is 47.5 Å². The number of benzene rings is 2. The van der Waals surface area contributed by atoms with Gasteiger partial charge in [0, 0.05) is 16.7 Å². The fraction of sp³-hybridized carbons (Fsp3) is 0.318. The summed E-state index contributed by atoms with van der Waals surface area (Å²) in [6, 6.07) is 10.7. The molecule has 2 aromatic carbocycles. The third-order valence-electron chi connectivity index (χ3n) is 5.59. The molecule has 1 heterocycles. The third kappa shape index (κ3) is 2.32. The zero-order valence-corrected chi connectivity index (χ0v) is 15.0. The van der Waals surface area contributed by atoms with Crippen molar-refractivity contribution in [1.29, 1.82) is 0 Å². The lowest BCUT2D eigenvalue weighted by atomic mass is 9.74. The van der Waals surface area contributed by atoms with Crippen LogP contribution in [0.1, 0.15) is 47.9 Å². The molecule has 2 N–H and O–H groups in total. The predicted molar refractivity (Wildman–Crippen MR) is 98.1 cm³/mol.